The van der Waals surface area contributed by atoms with Crippen LogP contribution in [-0.4, -0.2) is 0 Å². The van der Waals surface area contributed by atoms with Gasteiger partial charge < -0.3 is 0 Å². The van der Waals surface area contributed by atoms with Crippen molar-refractivity contribution in [3.8, 4) is 0 Å². The summed E-state index contributed by atoms with van der Waals surface area (Å²) in [7, 11) is 0. The maximum Gasteiger partial charge on any atom is 0.133 e. The number of hydrogen-bond donors (Lipinski definition) is 2. The first-order valence-electron chi connectivity index (χ1n) is 5.97. The van der Waals surface area contributed by atoms with Crippen molar-refractivity contribution in [3.05, 3.63) is 69.2 Å². The largest absolute Gasteiger partial charge is 0.271 e. The van der Waals surface area contributed by atoms with E-state index in [4.69, 9.17) is 5.84 Å². The van der Waals surface area contributed by atoms with E-state index in [-0.39, 0.29) is 12.0 Å². The fraction of sp³-hybridized carbons (Fsp3) is 0.143. The molecule has 0 aliphatic carbocycles. The van der Waals surface area contributed by atoms with E-state index in [0.717, 1.165) is 0 Å². The van der Waals surface area contributed by atoms with Gasteiger partial charge in [0.15, 0.2) is 0 Å². The molecule has 3 N–H and O–H groups in total. The normalized spacial score (nSPS) is 12.5. The molecule has 0 bridgehead atoms. The van der Waals surface area contributed by atoms with Crippen molar-refractivity contribution in [3.63, 3.8) is 0 Å². The Morgan fingerprint density at radius 2 is 1.62 bits per heavy atom. The van der Waals surface area contributed by atoms with Crippen molar-refractivity contribution in [1.82, 2.24) is 5.43 Å². The van der Waals surface area contributed by atoms with E-state index < -0.39 is 34.9 Å². The maximum absolute atomic E-state index is 13.8. The zero-order valence-corrected chi connectivity index (χ0v) is 12.2. The van der Waals surface area contributed by atoms with Crippen molar-refractivity contribution in [2.75, 3.05) is 0 Å². The number of halogens is 5. The van der Waals surface area contributed by atoms with E-state index in [1.807, 2.05) is 0 Å². The smallest absolute Gasteiger partial charge is 0.133 e. The molecule has 0 spiro atoms. The SMILES string of the molecule is NNC(Cc1ccc(Br)cc1F)c1c(F)cc(F)cc1F. The summed E-state index contributed by atoms with van der Waals surface area (Å²) in [5.41, 5.74) is 2.03. The van der Waals surface area contributed by atoms with Crippen molar-refractivity contribution in [2.24, 2.45) is 5.84 Å². The molecule has 0 saturated carbocycles. The minimum Gasteiger partial charge on any atom is -0.271 e. The monoisotopic (exact) mass is 362 g/mol. The lowest BCUT2D eigenvalue weighted by Gasteiger charge is -2.18. The molecule has 2 aromatic rings. The Kier molecular flexibility index (Phi) is 4.97. The van der Waals surface area contributed by atoms with Crippen LogP contribution in [0.1, 0.15) is 17.2 Å². The Labute approximate surface area is 127 Å². The molecule has 0 radical (unpaired) electrons. The summed E-state index contributed by atoms with van der Waals surface area (Å²) in [6.45, 7) is 0. The highest BCUT2D eigenvalue weighted by atomic mass is 79.9. The van der Waals surface area contributed by atoms with E-state index in [9.17, 15) is 17.6 Å². The first kappa shape index (κ1) is 15.9. The summed E-state index contributed by atoms with van der Waals surface area (Å²) in [6, 6.07) is 4.40. The van der Waals surface area contributed by atoms with Gasteiger partial charge in [0.25, 0.3) is 0 Å². The zero-order valence-electron chi connectivity index (χ0n) is 10.6. The number of rotatable bonds is 4. The highest BCUT2D eigenvalue weighted by Gasteiger charge is 2.22. The average Bonchev–Trinajstić information content (AvgIpc) is 2.39. The number of hydrazine groups is 1. The summed E-state index contributed by atoms with van der Waals surface area (Å²) in [5.74, 6) is 1.58. The van der Waals surface area contributed by atoms with Crippen molar-refractivity contribution >= 4 is 15.9 Å². The predicted octanol–water partition coefficient (Wildman–Crippen LogP) is 3.75. The molecular weight excluding hydrogens is 352 g/mol. The van der Waals surface area contributed by atoms with E-state index in [2.05, 4.69) is 21.4 Å². The molecule has 112 valence electrons. The van der Waals surface area contributed by atoms with Gasteiger partial charge in [-0.05, 0) is 24.1 Å². The number of benzene rings is 2. The number of nitrogens with two attached hydrogens (primary N) is 1. The molecule has 0 amide bonds. The second-order valence-electron chi connectivity index (χ2n) is 4.44. The van der Waals surface area contributed by atoms with Crippen LogP contribution in [0.4, 0.5) is 17.6 Å². The first-order valence-corrected chi connectivity index (χ1v) is 6.76. The van der Waals surface area contributed by atoms with Crippen LogP contribution in [0.25, 0.3) is 0 Å². The van der Waals surface area contributed by atoms with E-state index in [1.165, 1.54) is 12.1 Å². The molecule has 0 aromatic heterocycles. The molecule has 2 aromatic carbocycles. The molecule has 0 saturated heterocycles. The molecular formula is C14H11BrF4N2. The van der Waals surface area contributed by atoms with E-state index in [1.54, 1.807) is 6.07 Å². The van der Waals surface area contributed by atoms with Gasteiger partial charge in [-0.2, -0.15) is 0 Å². The highest BCUT2D eigenvalue weighted by Crippen LogP contribution is 2.26. The molecule has 7 heteroatoms. The minimum atomic E-state index is -1.08. The van der Waals surface area contributed by atoms with Gasteiger partial charge >= 0.3 is 0 Å². The van der Waals surface area contributed by atoms with Crippen LogP contribution in [0.2, 0.25) is 0 Å². The van der Waals surface area contributed by atoms with Crippen LogP contribution in [0, 0.1) is 23.3 Å². The van der Waals surface area contributed by atoms with Gasteiger partial charge in [0.05, 0.1) is 6.04 Å². The maximum atomic E-state index is 13.8. The Morgan fingerprint density at radius 3 is 2.14 bits per heavy atom. The molecule has 2 nitrogen and oxygen atoms in total. The lowest BCUT2D eigenvalue weighted by Crippen LogP contribution is -2.31. The second kappa shape index (κ2) is 6.55. The standard InChI is InChI=1S/C14H11BrF4N2/c15-8-2-1-7(10(17)4-8)3-13(21-20)14-11(18)5-9(16)6-12(14)19/h1-2,4-6,13,21H,3,20H2. The number of hydrogen-bond acceptors (Lipinski definition) is 2. The Balaban J connectivity index is 2.37. The summed E-state index contributed by atoms with van der Waals surface area (Å²) < 4.78 is 54.7. The molecule has 1 atom stereocenters. The summed E-state index contributed by atoms with van der Waals surface area (Å²) in [5, 5.41) is 0. The second-order valence-corrected chi connectivity index (χ2v) is 5.36. The van der Waals surface area contributed by atoms with Gasteiger partial charge in [-0.25, -0.2) is 17.6 Å². The van der Waals surface area contributed by atoms with Crippen LogP contribution >= 0.6 is 15.9 Å². The highest BCUT2D eigenvalue weighted by molar-refractivity contribution is 9.10. The van der Waals surface area contributed by atoms with Crippen molar-refractivity contribution in [2.45, 2.75) is 12.5 Å². The first-order chi connectivity index (χ1) is 9.92. The molecule has 0 heterocycles. The lowest BCUT2D eigenvalue weighted by atomic mass is 9.98. The van der Waals surface area contributed by atoms with Crippen LogP contribution in [-0.2, 0) is 6.42 Å². The Bertz CT molecular complexity index is 640. The summed E-state index contributed by atoms with van der Waals surface area (Å²) in [6.07, 6.45) is -0.0882. The lowest BCUT2D eigenvalue weighted by molar-refractivity contribution is 0.456. The van der Waals surface area contributed by atoms with Gasteiger partial charge in [0, 0.05) is 22.2 Å². The average molecular weight is 363 g/mol. The fourth-order valence-electron chi connectivity index (χ4n) is 2.04. The Morgan fingerprint density at radius 1 is 1.00 bits per heavy atom. The summed E-state index contributed by atoms with van der Waals surface area (Å²) in [4.78, 5) is 0. The third kappa shape index (κ3) is 3.61. The summed E-state index contributed by atoms with van der Waals surface area (Å²) >= 11 is 3.11. The van der Waals surface area contributed by atoms with E-state index in [0.29, 0.717) is 16.6 Å². The minimum absolute atomic E-state index is 0.0882. The van der Waals surface area contributed by atoms with Gasteiger partial charge in [-0.1, -0.05) is 22.0 Å². The molecule has 0 aliphatic rings. The van der Waals surface area contributed by atoms with Crippen LogP contribution in [0.15, 0.2) is 34.8 Å². The molecule has 0 fully saturated rings. The molecule has 0 aliphatic heterocycles. The third-order valence-corrected chi connectivity index (χ3v) is 3.53. The van der Waals surface area contributed by atoms with Gasteiger partial charge in [0.2, 0.25) is 0 Å². The zero-order chi connectivity index (χ0) is 15.6. The fourth-order valence-corrected chi connectivity index (χ4v) is 2.37. The van der Waals surface area contributed by atoms with Gasteiger partial charge in [-0.15, -0.1) is 0 Å². The van der Waals surface area contributed by atoms with Crippen LogP contribution in [0.5, 0.6) is 0 Å². The molecule has 1 unspecified atom stereocenters. The number of nitrogens with one attached hydrogen (secondary N) is 1. The third-order valence-electron chi connectivity index (χ3n) is 3.03. The van der Waals surface area contributed by atoms with Crippen molar-refractivity contribution in [1.29, 1.82) is 0 Å². The predicted molar refractivity (Wildman–Crippen MR) is 74.2 cm³/mol. The quantitative estimate of drug-likeness (QED) is 0.493. The van der Waals surface area contributed by atoms with Gasteiger partial charge in [-0.3, -0.25) is 11.3 Å². The molecule has 21 heavy (non-hydrogen) atoms. The molecule has 2 rings (SSSR count). The van der Waals surface area contributed by atoms with Crippen LogP contribution in [0.3, 0.4) is 0 Å². The van der Waals surface area contributed by atoms with Crippen LogP contribution < -0.4 is 11.3 Å². The Hall–Kier alpha value is -1.44. The van der Waals surface area contributed by atoms with E-state index >= 15 is 0 Å². The topological polar surface area (TPSA) is 38.0 Å². The van der Waals surface area contributed by atoms with Crippen molar-refractivity contribution < 1.29 is 17.6 Å². The van der Waals surface area contributed by atoms with Gasteiger partial charge in [0.1, 0.15) is 23.3 Å².